The van der Waals surface area contributed by atoms with Gasteiger partial charge in [-0.2, -0.15) is 0 Å². The molecule has 1 saturated heterocycles. The first-order valence-corrected chi connectivity index (χ1v) is 13.1. The summed E-state index contributed by atoms with van der Waals surface area (Å²) in [7, 11) is 0. The van der Waals surface area contributed by atoms with Gasteiger partial charge in [0.1, 0.15) is 6.10 Å². The van der Waals surface area contributed by atoms with Crippen LogP contribution >= 0.6 is 0 Å². The van der Waals surface area contributed by atoms with Crippen molar-refractivity contribution in [2.45, 2.75) is 102 Å². The van der Waals surface area contributed by atoms with Crippen LogP contribution in [0.5, 0.6) is 0 Å². The van der Waals surface area contributed by atoms with E-state index in [4.69, 9.17) is 4.74 Å². The lowest BCUT2D eigenvalue weighted by Crippen LogP contribution is -2.58. The Morgan fingerprint density at radius 3 is 2.41 bits per heavy atom. The molecular formula is C26H41NO2. The molecule has 3 heteroatoms. The van der Waals surface area contributed by atoms with Gasteiger partial charge in [-0.25, -0.2) is 0 Å². The highest BCUT2D eigenvalue weighted by Gasteiger charge is 2.54. The maximum absolute atomic E-state index is 12.5. The van der Waals surface area contributed by atoms with Crippen LogP contribution in [0.2, 0.25) is 0 Å². The SMILES string of the molecule is C[C@@H]1OC(=O)[C@H]2C[C@H]3CCCC[C@@H]3[C@@H](CCCNC34CC5CC(CC(C5)C3)C4)[C@@H]12. The molecule has 6 saturated carbocycles. The number of hydrogen-bond acceptors (Lipinski definition) is 3. The van der Waals surface area contributed by atoms with Crippen LogP contribution in [0, 0.1) is 47.3 Å². The van der Waals surface area contributed by atoms with Crippen molar-refractivity contribution >= 4 is 5.97 Å². The lowest BCUT2D eigenvalue weighted by atomic mass is 9.53. The van der Waals surface area contributed by atoms with Gasteiger partial charge in [-0.1, -0.05) is 19.3 Å². The highest BCUT2D eigenvalue weighted by atomic mass is 16.6. The molecule has 1 heterocycles. The highest BCUT2D eigenvalue weighted by Crippen LogP contribution is 2.56. The van der Waals surface area contributed by atoms with E-state index in [1.54, 1.807) is 0 Å². The smallest absolute Gasteiger partial charge is 0.309 e. The topological polar surface area (TPSA) is 38.3 Å². The van der Waals surface area contributed by atoms with Gasteiger partial charge in [0.15, 0.2) is 0 Å². The second kappa shape index (κ2) is 7.24. The summed E-state index contributed by atoms with van der Waals surface area (Å²) in [5, 5.41) is 4.12. The molecule has 0 aromatic rings. The van der Waals surface area contributed by atoms with E-state index in [1.807, 2.05) is 0 Å². The maximum Gasteiger partial charge on any atom is 0.309 e. The Balaban J connectivity index is 1.10. The second-order valence-corrected chi connectivity index (χ2v) is 12.2. The Morgan fingerprint density at radius 2 is 1.69 bits per heavy atom. The van der Waals surface area contributed by atoms with Crippen LogP contribution in [-0.4, -0.2) is 24.2 Å². The van der Waals surface area contributed by atoms with Crippen LogP contribution in [0.25, 0.3) is 0 Å². The van der Waals surface area contributed by atoms with Crippen molar-refractivity contribution in [2.75, 3.05) is 6.54 Å². The van der Waals surface area contributed by atoms with E-state index in [0.29, 0.717) is 11.5 Å². The van der Waals surface area contributed by atoms with Gasteiger partial charge in [0.05, 0.1) is 5.92 Å². The van der Waals surface area contributed by atoms with Gasteiger partial charge in [-0.05, 0) is 113 Å². The molecule has 0 radical (unpaired) electrons. The molecule has 7 rings (SSSR count). The van der Waals surface area contributed by atoms with Crippen LogP contribution in [0.15, 0.2) is 0 Å². The summed E-state index contributed by atoms with van der Waals surface area (Å²) >= 11 is 0. The van der Waals surface area contributed by atoms with E-state index in [1.165, 1.54) is 83.6 Å². The van der Waals surface area contributed by atoms with Gasteiger partial charge >= 0.3 is 5.97 Å². The predicted octanol–water partition coefficient (Wildman–Crippen LogP) is 5.33. The Bertz CT molecular complexity index is 609. The van der Waals surface area contributed by atoms with E-state index in [2.05, 4.69) is 12.2 Å². The second-order valence-electron chi connectivity index (χ2n) is 12.2. The van der Waals surface area contributed by atoms with Crippen molar-refractivity contribution in [1.29, 1.82) is 0 Å². The summed E-state index contributed by atoms with van der Waals surface area (Å²) < 4.78 is 5.76. The molecule has 7 fully saturated rings. The Labute approximate surface area is 177 Å². The fourth-order valence-electron chi connectivity index (χ4n) is 9.86. The summed E-state index contributed by atoms with van der Waals surface area (Å²) in [6.45, 7) is 3.37. The number of rotatable bonds is 5. The molecule has 162 valence electrons. The number of esters is 1. The van der Waals surface area contributed by atoms with E-state index in [9.17, 15) is 4.79 Å². The fraction of sp³-hybridized carbons (Fsp3) is 0.962. The summed E-state index contributed by atoms with van der Waals surface area (Å²) in [6.07, 6.45) is 18.4. The first-order valence-electron chi connectivity index (χ1n) is 13.1. The molecule has 1 aliphatic heterocycles. The van der Waals surface area contributed by atoms with Crippen molar-refractivity contribution in [3.8, 4) is 0 Å². The molecule has 29 heavy (non-hydrogen) atoms. The normalized spacial score (nSPS) is 52.9. The Kier molecular flexibility index (Phi) is 4.78. The van der Waals surface area contributed by atoms with Crippen molar-refractivity contribution < 1.29 is 9.53 Å². The number of hydrogen-bond donors (Lipinski definition) is 1. The standard InChI is InChI=1S/C26H41NO2/c1-16-24-22(21-6-3-2-5-20(21)12-23(24)25(28)29-16)7-4-8-27-26-13-17-9-18(14-26)11-19(10-17)15-26/h16-24,27H,2-15H2,1H3/t16-,17?,18?,19?,20+,21-,22+,23-,24+,26?/m0/s1. The number of cyclic esters (lactones) is 1. The minimum atomic E-state index is 0.128. The van der Waals surface area contributed by atoms with Crippen molar-refractivity contribution in [2.24, 2.45) is 47.3 Å². The van der Waals surface area contributed by atoms with Gasteiger partial charge < -0.3 is 10.1 Å². The number of carbonyl (C=O) groups is 1. The maximum atomic E-state index is 12.5. The molecule has 0 spiro atoms. The lowest BCUT2D eigenvalue weighted by Gasteiger charge is -2.57. The number of ether oxygens (including phenoxy) is 1. The van der Waals surface area contributed by atoms with Crippen LogP contribution in [-0.2, 0) is 9.53 Å². The molecular weight excluding hydrogens is 358 g/mol. The lowest BCUT2D eigenvalue weighted by molar-refractivity contribution is -0.144. The third-order valence-electron chi connectivity index (χ3n) is 10.4. The highest BCUT2D eigenvalue weighted by molar-refractivity contribution is 5.75. The summed E-state index contributed by atoms with van der Waals surface area (Å²) in [5.41, 5.74) is 0.497. The average Bonchev–Trinajstić information content (AvgIpc) is 2.97. The zero-order chi connectivity index (χ0) is 19.6. The van der Waals surface area contributed by atoms with Gasteiger partial charge in [0.25, 0.3) is 0 Å². The van der Waals surface area contributed by atoms with E-state index >= 15 is 0 Å². The van der Waals surface area contributed by atoms with E-state index in [0.717, 1.165) is 41.9 Å². The van der Waals surface area contributed by atoms with Gasteiger partial charge in [0.2, 0.25) is 0 Å². The summed E-state index contributed by atoms with van der Waals surface area (Å²) in [5.74, 6) is 6.30. The molecule has 6 atom stereocenters. The van der Waals surface area contributed by atoms with Gasteiger partial charge in [-0.3, -0.25) is 4.79 Å². The molecule has 3 nitrogen and oxygen atoms in total. The Morgan fingerprint density at radius 1 is 1.00 bits per heavy atom. The molecule has 7 aliphatic rings. The zero-order valence-corrected chi connectivity index (χ0v) is 18.4. The monoisotopic (exact) mass is 399 g/mol. The Hall–Kier alpha value is -0.570. The molecule has 0 aromatic heterocycles. The molecule has 0 amide bonds. The van der Waals surface area contributed by atoms with Gasteiger partial charge in [-0.15, -0.1) is 0 Å². The first kappa shape index (κ1) is 19.1. The molecule has 6 aliphatic carbocycles. The van der Waals surface area contributed by atoms with Crippen LogP contribution < -0.4 is 5.32 Å². The predicted molar refractivity (Wildman–Crippen MR) is 114 cm³/mol. The van der Waals surface area contributed by atoms with Crippen LogP contribution in [0.1, 0.15) is 90.4 Å². The van der Waals surface area contributed by atoms with E-state index in [-0.39, 0.29) is 18.0 Å². The fourth-order valence-corrected chi connectivity index (χ4v) is 9.86. The van der Waals surface area contributed by atoms with Gasteiger partial charge in [0, 0.05) is 11.5 Å². The van der Waals surface area contributed by atoms with Crippen LogP contribution in [0.3, 0.4) is 0 Å². The van der Waals surface area contributed by atoms with Crippen molar-refractivity contribution in [3.05, 3.63) is 0 Å². The molecule has 0 aromatic carbocycles. The quantitative estimate of drug-likeness (QED) is 0.502. The minimum Gasteiger partial charge on any atom is -0.462 e. The molecule has 4 bridgehead atoms. The number of carbonyl (C=O) groups excluding carboxylic acids is 1. The third kappa shape index (κ3) is 3.29. The summed E-state index contributed by atoms with van der Waals surface area (Å²) in [6, 6.07) is 0. The average molecular weight is 400 g/mol. The zero-order valence-electron chi connectivity index (χ0n) is 18.4. The number of nitrogens with one attached hydrogen (secondary N) is 1. The molecule has 1 N–H and O–H groups in total. The minimum absolute atomic E-state index is 0.128. The van der Waals surface area contributed by atoms with Crippen LogP contribution in [0.4, 0.5) is 0 Å². The largest absolute Gasteiger partial charge is 0.462 e. The third-order valence-corrected chi connectivity index (χ3v) is 10.4. The first-order chi connectivity index (χ1) is 14.1. The van der Waals surface area contributed by atoms with Crippen molar-refractivity contribution in [1.82, 2.24) is 5.32 Å². The summed E-state index contributed by atoms with van der Waals surface area (Å²) in [4.78, 5) is 12.5. The van der Waals surface area contributed by atoms with Crippen molar-refractivity contribution in [3.63, 3.8) is 0 Å². The number of fused-ring (bicyclic) bond motifs is 2. The molecule has 0 unspecified atom stereocenters. The van der Waals surface area contributed by atoms with E-state index < -0.39 is 0 Å².